The third kappa shape index (κ3) is 5.81. The Labute approximate surface area is 121 Å². The highest BCUT2D eigenvalue weighted by molar-refractivity contribution is 5.93. The van der Waals surface area contributed by atoms with E-state index in [9.17, 15) is 14.4 Å². The number of carbonyl (C=O) groups is 3. The van der Waals surface area contributed by atoms with E-state index < -0.39 is 30.4 Å². The maximum atomic E-state index is 11.7. The molecule has 0 aliphatic heterocycles. The van der Waals surface area contributed by atoms with Crippen LogP contribution in [0.25, 0.3) is 0 Å². The molecular weight excluding hydrogens is 278 g/mol. The number of primary amides is 1. The molecule has 0 saturated heterocycles. The Morgan fingerprint density at radius 3 is 2.38 bits per heavy atom. The number of carboxylic acid groups (broad SMARTS) is 1. The van der Waals surface area contributed by atoms with Gasteiger partial charge < -0.3 is 26.2 Å². The van der Waals surface area contributed by atoms with Gasteiger partial charge in [0.1, 0.15) is 11.8 Å². The van der Waals surface area contributed by atoms with Crippen LogP contribution in [0.1, 0.15) is 13.3 Å². The topological polar surface area (TPSA) is 131 Å². The third-order valence-corrected chi connectivity index (χ3v) is 2.43. The second-order valence-corrected chi connectivity index (χ2v) is 4.12. The van der Waals surface area contributed by atoms with Crippen LogP contribution in [-0.4, -0.2) is 35.7 Å². The fourth-order valence-electron chi connectivity index (χ4n) is 1.53. The van der Waals surface area contributed by atoms with Crippen LogP contribution in [-0.2, 0) is 9.59 Å². The first kappa shape index (κ1) is 16.3. The van der Waals surface area contributed by atoms with E-state index in [0.717, 1.165) is 0 Å². The van der Waals surface area contributed by atoms with Gasteiger partial charge in [-0.05, 0) is 31.2 Å². The lowest BCUT2D eigenvalue weighted by Crippen LogP contribution is -2.45. The van der Waals surface area contributed by atoms with E-state index in [2.05, 4.69) is 10.6 Å². The van der Waals surface area contributed by atoms with Gasteiger partial charge in [0.2, 0.25) is 5.91 Å². The molecule has 0 aromatic heterocycles. The van der Waals surface area contributed by atoms with Crippen molar-refractivity contribution in [2.45, 2.75) is 19.4 Å². The highest BCUT2D eigenvalue weighted by Gasteiger charge is 2.22. The third-order valence-electron chi connectivity index (χ3n) is 2.43. The second kappa shape index (κ2) is 7.73. The summed E-state index contributed by atoms with van der Waals surface area (Å²) in [6.45, 7) is 2.38. The van der Waals surface area contributed by atoms with Gasteiger partial charge in [0.05, 0.1) is 13.0 Å². The van der Waals surface area contributed by atoms with Gasteiger partial charge in [0.15, 0.2) is 0 Å². The quantitative estimate of drug-likeness (QED) is 0.583. The number of nitrogens with two attached hydrogens (primary N) is 1. The zero-order valence-corrected chi connectivity index (χ0v) is 11.5. The first-order chi connectivity index (χ1) is 9.92. The summed E-state index contributed by atoms with van der Waals surface area (Å²) in [4.78, 5) is 33.2. The van der Waals surface area contributed by atoms with E-state index in [1.165, 1.54) is 0 Å². The average molecular weight is 295 g/mol. The van der Waals surface area contributed by atoms with Crippen molar-refractivity contribution < 1.29 is 24.2 Å². The van der Waals surface area contributed by atoms with Gasteiger partial charge in [-0.1, -0.05) is 0 Å². The van der Waals surface area contributed by atoms with Crippen molar-refractivity contribution in [1.82, 2.24) is 5.32 Å². The summed E-state index contributed by atoms with van der Waals surface area (Å²) in [5.41, 5.74) is 5.37. The number of carboxylic acids is 1. The normalized spacial score (nSPS) is 11.3. The van der Waals surface area contributed by atoms with Gasteiger partial charge in [0.25, 0.3) is 0 Å². The molecule has 21 heavy (non-hydrogen) atoms. The molecule has 3 amide bonds. The van der Waals surface area contributed by atoms with Gasteiger partial charge in [-0.3, -0.25) is 4.79 Å². The van der Waals surface area contributed by atoms with Crippen LogP contribution >= 0.6 is 0 Å². The Morgan fingerprint density at radius 2 is 1.90 bits per heavy atom. The first-order valence-corrected chi connectivity index (χ1v) is 6.24. The molecule has 0 fully saturated rings. The fraction of sp³-hybridized carbons (Fsp3) is 0.308. The molecule has 8 heteroatoms. The molecule has 0 heterocycles. The number of hydrogen-bond acceptors (Lipinski definition) is 4. The Hall–Kier alpha value is -2.77. The lowest BCUT2D eigenvalue weighted by atomic mass is 10.2. The van der Waals surface area contributed by atoms with E-state index in [1.807, 2.05) is 6.92 Å². The summed E-state index contributed by atoms with van der Waals surface area (Å²) in [5, 5.41) is 13.5. The lowest BCUT2D eigenvalue weighted by molar-refractivity contribution is -0.140. The van der Waals surface area contributed by atoms with Crippen molar-refractivity contribution in [3.05, 3.63) is 24.3 Å². The average Bonchev–Trinajstić information content (AvgIpc) is 2.40. The minimum atomic E-state index is -1.37. The van der Waals surface area contributed by atoms with E-state index in [4.69, 9.17) is 15.6 Å². The van der Waals surface area contributed by atoms with Crippen molar-refractivity contribution in [1.29, 1.82) is 0 Å². The zero-order chi connectivity index (χ0) is 15.8. The molecule has 0 saturated carbocycles. The number of ether oxygens (including phenoxy) is 1. The highest BCUT2D eigenvalue weighted by Crippen LogP contribution is 2.15. The maximum absolute atomic E-state index is 11.7. The number of urea groups is 1. The lowest BCUT2D eigenvalue weighted by Gasteiger charge is -2.13. The molecule has 1 rings (SSSR count). The van der Waals surface area contributed by atoms with Crippen molar-refractivity contribution in [2.24, 2.45) is 5.73 Å². The Bertz CT molecular complexity index is 515. The molecule has 0 spiro atoms. The van der Waals surface area contributed by atoms with Crippen LogP contribution in [0.2, 0.25) is 0 Å². The summed E-state index contributed by atoms with van der Waals surface area (Å²) in [5.74, 6) is -1.50. The summed E-state index contributed by atoms with van der Waals surface area (Å²) in [6, 6.07) is 4.43. The minimum absolute atomic E-state index is 0.458. The van der Waals surface area contributed by atoms with Gasteiger partial charge >= 0.3 is 12.0 Å². The van der Waals surface area contributed by atoms with Crippen LogP contribution in [0.15, 0.2) is 24.3 Å². The van der Waals surface area contributed by atoms with Crippen LogP contribution in [0.3, 0.4) is 0 Å². The molecule has 0 aliphatic carbocycles. The van der Waals surface area contributed by atoms with Crippen LogP contribution in [0.4, 0.5) is 10.5 Å². The fourth-order valence-corrected chi connectivity index (χ4v) is 1.53. The molecule has 0 radical (unpaired) electrons. The van der Waals surface area contributed by atoms with Gasteiger partial charge in [0, 0.05) is 5.69 Å². The molecule has 1 atom stereocenters. The maximum Gasteiger partial charge on any atom is 0.326 e. The van der Waals surface area contributed by atoms with Crippen LogP contribution < -0.4 is 21.1 Å². The number of carbonyl (C=O) groups excluding carboxylic acids is 2. The highest BCUT2D eigenvalue weighted by atomic mass is 16.5. The van der Waals surface area contributed by atoms with E-state index >= 15 is 0 Å². The van der Waals surface area contributed by atoms with Gasteiger partial charge in [-0.2, -0.15) is 0 Å². The molecule has 0 unspecified atom stereocenters. The minimum Gasteiger partial charge on any atom is -0.494 e. The smallest absolute Gasteiger partial charge is 0.326 e. The van der Waals surface area contributed by atoms with E-state index in [1.54, 1.807) is 24.3 Å². The molecule has 8 nitrogen and oxygen atoms in total. The molecule has 0 aliphatic rings. The molecule has 1 aromatic carbocycles. The van der Waals surface area contributed by atoms with Crippen molar-refractivity contribution in [3.63, 3.8) is 0 Å². The number of rotatable bonds is 7. The first-order valence-electron chi connectivity index (χ1n) is 6.24. The molecule has 0 bridgehead atoms. The monoisotopic (exact) mass is 295 g/mol. The van der Waals surface area contributed by atoms with Crippen molar-refractivity contribution in [2.75, 3.05) is 11.9 Å². The number of benzene rings is 1. The Morgan fingerprint density at radius 1 is 1.29 bits per heavy atom. The van der Waals surface area contributed by atoms with E-state index in [-0.39, 0.29) is 0 Å². The number of nitrogens with one attached hydrogen (secondary N) is 2. The van der Waals surface area contributed by atoms with Crippen molar-refractivity contribution >= 4 is 23.6 Å². The van der Waals surface area contributed by atoms with Crippen LogP contribution in [0.5, 0.6) is 5.75 Å². The number of aliphatic carboxylic acids is 1. The SMILES string of the molecule is CCOc1ccc(NC(=O)N[C@H](CC(N)=O)C(=O)O)cc1. The predicted octanol–water partition coefficient (Wildman–Crippen LogP) is 0.535. The second-order valence-electron chi connectivity index (χ2n) is 4.12. The molecular formula is C13H17N3O5. The van der Waals surface area contributed by atoms with Gasteiger partial charge in [-0.15, -0.1) is 0 Å². The largest absolute Gasteiger partial charge is 0.494 e. The zero-order valence-electron chi connectivity index (χ0n) is 11.5. The summed E-state index contributed by atoms with van der Waals surface area (Å²) >= 11 is 0. The van der Waals surface area contributed by atoms with Crippen LogP contribution in [0, 0.1) is 0 Å². The number of amides is 3. The van der Waals surface area contributed by atoms with E-state index in [0.29, 0.717) is 18.0 Å². The van der Waals surface area contributed by atoms with Gasteiger partial charge in [-0.25, -0.2) is 9.59 Å². The summed E-state index contributed by atoms with van der Waals surface area (Å²) in [7, 11) is 0. The predicted molar refractivity (Wildman–Crippen MR) is 75.0 cm³/mol. The summed E-state index contributed by atoms with van der Waals surface area (Å²) < 4.78 is 5.25. The van der Waals surface area contributed by atoms with Crippen molar-refractivity contribution in [3.8, 4) is 5.75 Å². The number of anilines is 1. The standard InChI is InChI=1S/C13H17N3O5/c1-2-21-9-5-3-8(4-6-9)15-13(20)16-10(12(18)19)7-11(14)17/h3-6,10H,2,7H2,1H3,(H2,14,17)(H,18,19)(H2,15,16,20)/t10-/m1/s1. The Balaban J connectivity index is 2.59. The molecule has 1 aromatic rings. The Kier molecular flexibility index (Phi) is 5.99. The number of hydrogen-bond donors (Lipinski definition) is 4. The summed E-state index contributed by atoms with van der Waals surface area (Å²) in [6.07, 6.45) is -0.480. The molecule has 5 N–H and O–H groups in total. The molecule has 114 valence electrons.